The Morgan fingerprint density at radius 1 is 1.21 bits per heavy atom. The van der Waals surface area contributed by atoms with Gasteiger partial charge in [0, 0.05) is 0 Å². The first-order chi connectivity index (χ1) is 13.5. The van der Waals surface area contributed by atoms with Crippen LogP contribution in [0.15, 0.2) is 46.3 Å². The quantitative estimate of drug-likeness (QED) is 0.773. The standard InChI is InChI=1S/C21H19N3O3S/c1-13-4-5-14(2)16(10-13)23-21-24-20(25)19(28-21)12-15-6-7-17(27-9-8-22)18(11-15)26-3/h4-7,10-12H,9H2,1-3H3,(H,23,24,25). The molecular weight excluding hydrogens is 374 g/mol. The lowest BCUT2D eigenvalue weighted by Gasteiger charge is -2.09. The monoisotopic (exact) mass is 393 g/mol. The van der Waals surface area contributed by atoms with E-state index < -0.39 is 0 Å². The predicted octanol–water partition coefficient (Wildman–Crippen LogP) is 4.11. The number of aliphatic imine (C=N–C) groups is 1. The number of aryl methyl sites for hydroxylation is 2. The fraction of sp³-hybridized carbons (Fsp3) is 0.190. The highest BCUT2D eigenvalue weighted by atomic mass is 32.2. The lowest BCUT2D eigenvalue weighted by atomic mass is 10.1. The number of methoxy groups -OCH3 is 1. The smallest absolute Gasteiger partial charge is 0.264 e. The van der Waals surface area contributed by atoms with Crippen molar-refractivity contribution in [3.63, 3.8) is 0 Å². The van der Waals surface area contributed by atoms with Crippen molar-refractivity contribution in [1.82, 2.24) is 5.32 Å². The summed E-state index contributed by atoms with van der Waals surface area (Å²) in [5.74, 6) is 0.780. The fourth-order valence-corrected chi connectivity index (χ4v) is 3.42. The van der Waals surface area contributed by atoms with Crippen LogP contribution in [0.5, 0.6) is 11.5 Å². The van der Waals surface area contributed by atoms with Crippen LogP contribution in [-0.4, -0.2) is 24.8 Å². The molecule has 1 heterocycles. The normalized spacial score (nSPS) is 16.1. The van der Waals surface area contributed by atoms with Gasteiger partial charge in [-0.05, 0) is 66.6 Å². The van der Waals surface area contributed by atoms with Crippen molar-refractivity contribution in [2.75, 3.05) is 13.7 Å². The maximum atomic E-state index is 12.3. The van der Waals surface area contributed by atoms with Crippen molar-refractivity contribution in [2.45, 2.75) is 13.8 Å². The van der Waals surface area contributed by atoms with E-state index in [0.717, 1.165) is 22.4 Å². The first-order valence-corrected chi connectivity index (χ1v) is 9.36. The summed E-state index contributed by atoms with van der Waals surface area (Å²) in [6, 6.07) is 13.2. The molecule has 0 spiro atoms. The van der Waals surface area contributed by atoms with E-state index in [1.165, 1.54) is 18.9 Å². The van der Waals surface area contributed by atoms with Crippen molar-refractivity contribution in [3.8, 4) is 17.6 Å². The highest BCUT2D eigenvalue weighted by Gasteiger charge is 2.24. The summed E-state index contributed by atoms with van der Waals surface area (Å²) >= 11 is 1.29. The van der Waals surface area contributed by atoms with Gasteiger partial charge in [0.15, 0.2) is 23.3 Å². The second kappa shape index (κ2) is 8.63. The molecule has 1 aliphatic heterocycles. The summed E-state index contributed by atoms with van der Waals surface area (Å²) in [6.07, 6.45) is 1.77. The summed E-state index contributed by atoms with van der Waals surface area (Å²) in [6.45, 7) is 3.93. The highest BCUT2D eigenvalue weighted by molar-refractivity contribution is 8.18. The van der Waals surface area contributed by atoms with Crippen LogP contribution in [0.3, 0.4) is 0 Å². The van der Waals surface area contributed by atoms with E-state index >= 15 is 0 Å². The number of nitriles is 1. The van der Waals surface area contributed by atoms with Gasteiger partial charge in [0.25, 0.3) is 5.91 Å². The van der Waals surface area contributed by atoms with Crippen molar-refractivity contribution < 1.29 is 14.3 Å². The van der Waals surface area contributed by atoms with Gasteiger partial charge in [-0.15, -0.1) is 0 Å². The third kappa shape index (κ3) is 4.53. The zero-order chi connectivity index (χ0) is 20.1. The maximum absolute atomic E-state index is 12.3. The molecule has 1 saturated heterocycles. The summed E-state index contributed by atoms with van der Waals surface area (Å²) in [5.41, 5.74) is 3.78. The van der Waals surface area contributed by atoms with E-state index in [0.29, 0.717) is 21.6 Å². The van der Waals surface area contributed by atoms with E-state index in [1.807, 2.05) is 38.1 Å². The van der Waals surface area contributed by atoms with E-state index in [1.54, 1.807) is 24.3 Å². The molecule has 1 aliphatic rings. The number of hydrogen-bond donors (Lipinski definition) is 1. The van der Waals surface area contributed by atoms with Gasteiger partial charge in [-0.3, -0.25) is 4.79 Å². The minimum absolute atomic E-state index is 0.0622. The summed E-state index contributed by atoms with van der Waals surface area (Å²) in [4.78, 5) is 17.4. The van der Waals surface area contributed by atoms with Crippen LogP contribution >= 0.6 is 11.8 Å². The maximum Gasteiger partial charge on any atom is 0.264 e. The Bertz CT molecular complexity index is 1020. The van der Waals surface area contributed by atoms with Gasteiger partial charge in [-0.1, -0.05) is 18.2 Å². The molecule has 1 amide bonds. The van der Waals surface area contributed by atoms with Crippen molar-refractivity contribution >= 4 is 34.6 Å². The van der Waals surface area contributed by atoms with Gasteiger partial charge in [0.1, 0.15) is 6.07 Å². The van der Waals surface area contributed by atoms with Gasteiger partial charge in [-0.2, -0.15) is 5.26 Å². The molecule has 0 aromatic heterocycles. The molecule has 142 valence electrons. The highest BCUT2D eigenvalue weighted by Crippen LogP contribution is 2.32. The number of rotatable bonds is 5. The van der Waals surface area contributed by atoms with Crippen LogP contribution in [0.4, 0.5) is 5.69 Å². The lowest BCUT2D eigenvalue weighted by molar-refractivity contribution is -0.115. The molecule has 0 unspecified atom stereocenters. The van der Waals surface area contributed by atoms with E-state index in [4.69, 9.17) is 14.7 Å². The minimum atomic E-state index is -0.196. The first kappa shape index (κ1) is 19.5. The number of hydrogen-bond acceptors (Lipinski definition) is 6. The molecule has 2 aromatic rings. The summed E-state index contributed by atoms with van der Waals surface area (Å²) in [7, 11) is 1.53. The zero-order valence-electron chi connectivity index (χ0n) is 15.8. The zero-order valence-corrected chi connectivity index (χ0v) is 16.6. The van der Waals surface area contributed by atoms with Gasteiger partial charge in [-0.25, -0.2) is 4.99 Å². The van der Waals surface area contributed by atoms with Crippen molar-refractivity contribution in [3.05, 3.63) is 58.0 Å². The summed E-state index contributed by atoms with van der Waals surface area (Å²) < 4.78 is 10.6. The number of amides is 1. The predicted molar refractivity (Wildman–Crippen MR) is 111 cm³/mol. The molecule has 28 heavy (non-hydrogen) atoms. The first-order valence-electron chi connectivity index (χ1n) is 8.55. The number of ether oxygens (including phenoxy) is 2. The molecular formula is C21H19N3O3S. The Morgan fingerprint density at radius 2 is 2.04 bits per heavy atom. The third-order valence-corrected chi connectivity index (χ3v) is 4.93. The van der Waals surface area contributed by atoms with Crippen LogP contribution in [0, 0.1) is 25.2 Å². The number of thioether (sulfide) groups is 1. The Balaban J connectivity index is 1.83. The molecule has 0 radical (unpaired) electrons. The SMILES string of the molecule is COc1cc(C=C2SC(=Nc3cc(C)ccc3C)NC2=O)ccc1OCC#N. The lowest BCUT2D eigenvalue weighted by Crippen LogP contribution is -2.19. The minimum Gasteiger partial charge on any atom is -0.493 e. The summed E-state index contributed by atoms with van der Waals surface area (Å²) in [5, 5.41) is 12.0. The number of benzene rings is 2. The average molecular weight is 393 g/mol. The molecule has 3 rings (SSSR count). The van der Waals surface area contributed by atoms with E-state index in [9.17, 15) is 4.79 Å². The van der Waals surface area contributed by atoms with Crippen LogP contribution in [0.25, 0.3) is 6.08 Å². The van der Waals surface area contributed by atoms with Crippen LogP contribution in [0.2, 0.25) is 0 Å². The van der Waals surface area contributed by atoms with Crippen molar-refractivity contribution in [1.29, 1.82) is 5.26 Å². The molecule has 7 heteroatoms. The largest absolute Gasteiger partial charge is 0.493 e. The number of amidine groups is 1. The van der Waals surface area contributed by atoms with Gasteiger partial charge >= 0.3 is 0 Å². The van der Waals surface area contributed by atoms with Crippen molar-refractivity contribution in [2.24, 2.45) is 4.99 Å². The van der Waals surface area contributed by atoms with E-state index in [-0.39, 0.29) is 12.5 Å². The van der Waals surface area contributed by atoms with Gasteiger partial charge < -0.3 is 14.8 Å². The molecule has 0 saturated carbocycles. The van der Waals surface area contributed by atoms with Crippen LogP contribution in [0.1, 0.15) is 16.7 Å². The van der Waals surface area contributed by atoms with Gasteiger partial charge in [0.2, 0.25) is 0 Å². The molecule has 1 fully saturated rings. The Morgan fingerprint density at radius 3 is 2.79 bits per heavy atom. The average Bonchev–Trinajstić information content (AvgIpc) is 3.02. The topological polar surface area (TPSA) is 83.7 Å². The molecule has 2 aromatic carbocycles. The van der Waals surface area contributed by atoms with Gasteiger partial charge in [0.05, 0.1) is 17.7 Å². The third-order valence-electron chi connectivity index (χ3n) is 4.02. The molecule has 0 atom stereocenters. The molecule has 0 bridgehead atoms. The van der Waals surface area contributed by atoms with E-state index in [2.05, 4.69) is 10.3 Å². The number of nitrogens with one attached hydrogen (secondary N) is 1. The van der Waals surface area contributed by atoms with Crippen LogP contribution in [-0.2, 0) is 4.79 Å². The second-order valence-corrected chi connectivity index (χ2v) is 7.16. The molecule has 0 aliphatic carbocycles. The van der Waals surface area contributed by atoms with Crippen LogP contribution < -0.4 is 14.8 Å². The number of carbonyl (C=O) groups excluding carboxylic acids is 1. The number of nitrogens with zero attached hydrogens (tertiary/aromatic N) is 2. The molecule has 6 nitrogen and oxygen atoms in total. The second-order valence-electron chi connectivity index (χ2n) is 6.13. The Labute approximate surface area is 167 Å². The Hall–Kier alpha value is -3.24. The molecule has 1 N–H and O–H groups in total. The number of carbonyl (C=O) groups is 1. The fourth-order valence-electron chi connectivity index (χ4n) is 2.58. The Kier molecular flexibility index (Phi) is 6.02.